The average molecular weight is 168 g/mol. The van der Waals surface area contributed by atoms with E-state index in [1.54, 1.807) is 0 Å². The smallest absolute Gasteiger partial charge is 0.153 e. The third-order valence-corrected chi connectivity index (χ3v) is 3.03. The number of carbonyl (C=O) groups excluding carboxylic acids is 1. The van der Waals surface area contributed by atoms with E-state index in [0.717, 1.165) is 45.3 Å². The zero-order chi connectivity index (χ0) is 8.44. The van der Waals surface area contributed by atoms with Crippen LogP contribution in [0.5, 0.6) is 0 Å². The van der Waals surface area contributed by atoms with E-state index in [2.05, 4.69) is 10.6 Å². The number of rotatable bonds is 0. The highest BCUT2D eigenvalue weighted by Crippen LogP contribution is 2.24. The van der Waals surface area contributed by atoms with Crippen molar-refractivity contribution >= 4 is 5.78 Å². The van der Waals surface area contributed by atoms with E-state index < -0.39 is 0 Å². The van der Waals surface area contributed by atoms with Crippen LogP contribution in [-0.2, 0) is 4.79 Å². The Hall–Kier alpha value is -0.410. The molecular weight excluding hydrogens is 152 g/mol. The molecule has 0 saturated carbocycles. The van der Waals surface area contributed by atoms with Crippen molar-refractivity contribution in [3.63, 3.8) is 0 Å². The van der Waals surface area contributed by atoms with E-state index in [4.69, 9.17) is 0 Å². The molecule has 68 valence electrons. The number of piperidine rings is 2. The summed E-state index contributed by atoms with van der Waals surface area (Å²) in [6.45, 7) is 2.99. The molecule has 0 aromatic carbocycles. The molecule has 0 atom stereocenters. The van der Waals surface area contributed by atoms with Crippen LogP contribution >= 0.6 is 0 Å². The van der Waals surface area contributed by atoms with Crippen molar-refractivity contribution in [2.45, 2.75) is 31.2 Å². The van der Waals surface area contributed by atoms with Crippen LogP contribution in [0.3, 0.4) is 0 Å². The third kappa shape index (κ3) is 1.27. The first-order chi connectivity index (χ1) is 5.83. The summed E-state index contributed by atoms with van der Waals surface area (Å²) in [7, 11) is 0. The Morgan fingerprint density at radius 1 is 1.17 bits per heavy atom. The predicted molar refractivity (Wildman–Crippen MR) is 47.1 cm³/mol. The molecule has 2 aliphatic heterocycles. The Morgan fingerprint density at radius 3 is 2.58 bits per heavy atom. The molecule has 2 saturated heterocycles. The molecule has 2 fully saturated rings. The summed E-state index contributed by atoms with van der Waals surface area (Å²) < 4.78 is 0. The maximum absolute atomic E-state index is 11.7. The van der Waals surface area contributed by atoms with Gasteiger partial charge >= 0.3 is 0 Å². The fourth-order valence-corrected chi connectivity index (χ4v) is 2.22. The quantitative estimate of drug-likeness (QED) is 0.537. The number of ketones is 1. The SMILES string of the molecule is O=C1CCCNC12CCNCC2. The van der Waals surface area contributed by atoms with Crippen LogP contribution in [-0.4, -0.2) is 31.0 Å². The summed E-state index contributed by atoms with van der Waals surface area (Å²) in [4.78, 5) is 11.7. The first kappa shape index (κ1) is 8.20. The van der Waals surface area contributed by atoms with Gasteiger partial charge in [0.1, 0.15) is 0 Å². The number of carbonyl (C=O) groups is 1. The molecule has 0 aromatic rings. The topological polar surface area (TPSA) is 41.1 Å². The van der Waals surface area contributed by atoms with E-state index in [1.807, 2.05) is 0 Å². The zero-order valence-electron chi connectivity index (χ0n) is 7.36. The first-order valence-corrected chi connectivity index (χ1v) is 4.83. The summed E-state index contributed by atoms with van der Waals surface area (Å²) in [5, 5.41) is 6.68. The van der Waals surface area contributed by atoms with Crippen molar-refractivity contribution in [2.24, 2.45) is 0 Å². The standard InChI is InChI=1S/C9H16N2O/c12-8-2-1-5-11-9(8)3-6-10-7-4-9/h10-11H,1-7H2. The lowest BCUT2D eigenvalue weighted by atomic mass is 9.80. The molecular formula is C9H16N2O. The van der Waals surface area contributed by atoms with Gasteiger partial charge in [0.05, 0.1) is 5.54 Å². The van der Waals surface area contributed by atoms with Crippen LogP contribution in [0.2, 0.25) is 0 Å². The zero-order valence-corrected chi connectivity index (χ0v) is 7.36. The molecule has 0 unspecified atom stereocenters. The van der Waals surface area contributed by atoms with Gasteiger partial charge in [0, 0.05) is 6.42 Å². The number of hydrogen-bond donors (Lipinski definition) is 2. The molecule has 2 heterocycles. The predicted octanol–water partition coefficient (Wildman–Crippen LogP) is 0.0611. The van der Waals surface area contributed by atoms with Gasteiger partial charge in [-0.05, 0) is 38.9 Å². The van der Waals surface area contributed by atoms with Gasteiger partial charge in [0.25, 0.3) is 0 Å². The Bertz CT molecular complexity index is 177. The van der Waals surface area contributed by atoms with E-state index >= 15 is 0 Å². The second kappa shape index (κ2) is 3.15. The Labute approximate surface area is 72.9 Å². The van der Waals surface area contributed by atoms with Gasteiger partial charge in [-0.15, -0.1) is 0 Å². The second-order valence-electron chi connectivity index (χ2n) is 3.79. The Kier molecular flexibility index (Phi) is 2.15. The van der Waals surface area contributed by atoms with Gasteiger partial charge in [0.2, 0.25) is 0 Å². The molecule has 3 nitrogen and oxygen atoms in total. The molecule has 2 aliphatic rings. The van der Waals surface area contributed by atoms with E-state index in [0.29, 0.717) is 5.78 Å². The molecule has 12 heavy (non-hydrogen) atoms. The number of Topliss-reactive ketones (excluding diaryl/α,β-unsaturated/α-hetero) is 1. The monoisotopic (exact) mass is 168 g/mol. The Morgan fingerprint density at radius 2 is 1.92 bits per heavy atom. The van der Waals surface area contributed by atoms with E-state index in [-0.39, 0.29) is 5.54 Å². The minimum atomic E-state index is -0.135. The highest BCUT2D eigenvalue weighted by molar-refractivity contribution is 5.89. The second-order valence-corrected chi connectivity index (χ2v) is 3.79. The number of nitrogens with one attached hydrogen (secondary N) is 2. The fraction of sp³-hybridized carbons (Fsp3) is 0.889. The molecule has 1 spiro atoms. The first-order valence-electron chi connectivity index (χ1n) is 4.83. The van der Waals surface area contributed by atoms with E-state index in [9.17, 15) is 4.79 Å². The van der Waals surface area contributed by atoms with Crippen molar-refractivity contribution < 1.29 is 4.79 Å². The molecule has 0 aliphatic carbocycles. The molecule has 2 rings (SSSR count). The number of hydrogen-bond acceptors (Lipinski definition) is 3. The van der Waals surface area contributed by atoms with Crippen molar-refractivity contribution in [3.8, 4) is 0 Å². The summed E-state index contributed by atoms with van der Waals surface area (Å²) in [5.41, 5.74) is -0.135. The Balaban J connectivity index is 2.09. The highest BCUT2D eigenvalue weighted by Gasteiger charge is 2.39. The van der Waals surface area contributed by atoms with Crippen LogP contribution < -0.4 is 10.6 Å². The molecule has 3 heteroatoms. The van der Waals surface area contributed by atoms with Gasteiger partial charge in [0.15, 0.2) is 5.78 Å². The summed E-state index contributed by atoms with van der Waals surface area (Å²) in [5.74, 6) is 0.440. The molecule has 2 N–H and O–H groups in total. The lowest BCUT2D eigenvalue weighted by Gasteiger charge is -2.40. The highest BCUT2D eigenvalue weighted by atomic mass is 16.1. The van der Waals surface area contributed by atoms with Crippen molar-refractivity contribution in [2.75, 3.05) is 19.6 Å². The lowest BCUT2D eigenvalue weighted by molar-refractivity contribution is -0.128. The van der Waals surface area contributed by atoms with Gasteiger partial charge in [-0.3, -0.25) is 4.79 Å². The minimum Gasteiger partial charge on any atom is -0.317 e. The van der Waals surface area contributed by atoms with Crippen molar-refractivity contribution in [1.29, 1.82) is 0 Å². The molecule has 0 amide bonds. The van der Waals surface area contributed by atoms with Crippen LogP contribution in [0.15, 0.2) is 0 Å². The summed E-state index contributed by atoms with van der Waals surface area (Å²) >= 11 is 0. The van der Waals surface area contributed by atoms with Crippen LogP contribution in [0.25, 0.3) is 0 Å². The molecule has 0 radical (unpaired) electrons. The average Bonchev–Trinajstić information content (AvgIpc) is 2.12. The summed E-state index contributed by atoms with van der Waals surface area (Å²) in [6.07, 6.45) is 3.76. The normalized spacial score (nSPS) is 29.2. The molecule has 0 aromatic heterocycles. The van der Waals surface area contributed by atoms with Gasteiger partial charge in [-0.25, -0.2) is 0 Å². The fourth-order valence-electron chi connectivity index (χ4n) is 2.22. The van der Waals surface area contributed by atoms with Crippen LogP contribution in [0.4, 0.5) is 0 Å². The van der Waals surface area contributed by atoms with Crippen LogP contribution in [0, 0.1) is 0 Å². The van der Waals surface area contributed by atoms with Crippen molar-refractivity contribution in [1.82, 2.24) is 10.6 Å². The maximum atomic E-state index is 11.7. The largest absolute Gasteiger partial charge is 0.317 e. The maximum Gasteiger partial charge on any atom is 0.153 e. The third-order valence-electron chi connectivity index (χ3n) is 3.03. The lowest BCUT2D eigenvalue weighted by Crippen LogP contribution is -2.60. The van der Waals surface area contributed by atoms with Gasteiger partial charge < -0.3 is 10.6 Å². The van der Waals surface area contributed by atoms with Gasteiger partial charge in [-0.2, -0.15) is 0 Å². The van der Waals surface area contributed by atoms with Crippen molar-refractivity contribution in [3.05, 3.63) is 0 Å². The van der Waals surface area contributed by atoms with Crippen LogP contribution in [0.1, 0.15) is 25.7 Å². The minimum absolute atomic E-state index is 0.135. The summed E-state index contributed by atoms with van der Waals surface area (Å²) in [6, 6.07) is 0. The molecule has 0 bridgehead atoms. The van der Waals surface area contributed by atoms with E-state index in [1.165, 1.54) is 0 Å². The van der Waals surface area contributed by atoms with Gasteiger partial charge in [-0.1, -0.05) is 0 Å².